The number of aliphatic hydroxyl groups is 1. The maximum atomic E-state index is 13.5. The van der Waals surface area contributed by atoms with Crippen LogP contribution in [0.1, 0.15) is 71.6 Å². The molecule has 5 heteroatoms. The molecular weight excluding hydrogens is 400 g/mol. The van der Waals surface area contributed by atoms with Gasteiger partial charge in [-0.1, -0.05) is 6.92 Å². The summed E-state index contributed by atoms with van der Waals surface area (Å²) in [6.45, 7) is 7.87. The van der Waals surface area contributed by atoms with Gasteiger partial charge in [0.25, 0.3) is 0 Å². The smallest absolute Gasteiger partial charge is 0.219 e. The summed E-state index contributed by atoms with van der Waals surface area (Å²) < 4.78 is 0. The fourth-order valence-corrected chi connectivity index (χ4v) is 9.76. The van der Waals surface area contributed by atoms with Crippen molar-refractivity contribution in [1.29, 1.82) is 0 Å². The van der Waals surface area contributed by atoms with Crippen molar-refractivity contribution in [1.82, 2.24) is 9.80 Å². The van der Waals surface area contributed by atoms with Gasteiger partial charge in [0.15, 0.2) is 0 Å². The fraction of sp³-hybridized carbons (Fsp3) is 0.926. The van der Waals surface area contributed by atoms with E-state index in [0.717, 1.165) is 75.0 Å². The molecular formula is C27H42N2O3. The zero-order chi connectivity index (χ0) is 22.3. The molecule has 1 aliphatic heterocycles. The fourth-order valence-electron chi connectivity index (χ4n) is 9.76. The number of Topliss-reactive ketones (excluding diaryl/α,β-unsaturated/α-hetero) is 1. The van der Waals surface area contributed by atoms with Crippen LogP contribution in [-0.2, 0) is 9.59 Å². The number of fused-ring (bicyclic) bond motifs is 7. The number of carbonyl (C=O) groups excluding carboxylic acids is 2. The summed E-state index contributed by atoms with van der Waals surface area (Å²) in [5.41, 5.74) is -0.0841. The number of amides is 1. The third kappa shape index (κ3) is 3.24. The van der Waals surface area contributed by atoms with Gasteiger partial charge in [0.05, 0.1) is 12.1 Å². The molecule has 0 aromatic carbocycles. The van der Waals surface area contributed by atoms with Gasteiger partial charge in [-0.05, 0) is 98.7 Å². The molecule has 0 bridgehead atoms. The van der Waals surface area contributed by atoms with Crippen molar-refractivity contribution in [3.8, 4) is 0 Å². The Bertz CT molecular complexity index is 792. The quantitative estimate of drug-likeness (QED) is 0.728. The molecule has 6 aliphatic rings. The van der Waals surface area contributed by atoms with Crippen molar-refractivity contribution < 1.29 is 14.7 Å². The SMILES string of the molecule is CC(=O)N1CCN(CC(=O)[C@H]2CC[C@H]3[C@@H]4CC[C@H]5C6C[C@@]6(O)CC[C@@H]5[C@H]4CC[C@]23C)CC1. The van der Waals surface area contributed by atoms with E-state index in [2.05, 4.69) is 11.8 Å². The molecule has 9 atom stereocenters. The molecule has 1 amide bonds. The summed E-state index contributed by atoms with van der Waals surface area (Å²) in [4.78, 5) is 29.3. The molecule has 0 spiro atoms. The average Bonchev–Trinajstić information content (AvgIpc) is 3.34. The van der Waals surface area contributed by atoms with Crippen molar-refractivity contribution >= 4 is 11.7 Å². The van der Waals surface area contributed by atoms with Crippen LogP contribution in [0.5, 0.6) is 0 Å². The normalized spacial score (nSPS) is 50.1. The van der Waals surface area contributed by atoms with E-state index in [4.69, 9.17) is 0 Å². The van der Waals surface area contributed by atoms with Crippen LogP contribution in [0.3, 0.4) is 0 Å². The first-order valence-electron chi connectivity index (χ1n) is 13.5. The number of piperazine rings is 1. The Balaban J connectivity index is 1.11. The average molecular weight is 443 g/mol. The second-order valence-corrected chi connectivity index (χ2v) is 12.7. The molecule has 0 radical (unpaired) electrons. The summed E-state index contributed by atoms with van der Waals surface area (Å²) in [5.74, 6) is 5.49. The molecule has 6 rings (SSSR count). The molecule has 32 heavy (non-hydrogen) atoms. The topological polar surface area (TPSA) is 60.9 Å². The number of nitrogens with zero attached hydrogens (tertiary/aromatic N) is 2. The van der Waals surface area contributed by atoms with E-state index in [-0.39, 0.29) is 22.8 Å². The standard InChI is InChI=1S/C27H42N2O3/c1-17(30)29-13-11-28(12-14-29)16-25(31)23-6-5-22-20-3-4-21-19(8-10-27(32)15-24(21)27)18(20)7-9-26(22,23)2/h18-24,32H,3-16H2,1-2H3/t18-,19-,20-,21-,22+,23-,24?,26+,27+/m1/s1. The summed E-state index contributed by atoms with van der Waals surface area (Å²) in [7, 11) is 0. The van der Waals surface area contributed by atoms with Gasteiger partial charge in [-0.2, -0.15) is 0 Å². The minimum absolute atomic E-state index is 0.151. The van der Waals surface area contributed by atoms with Crippen molar-refractivity contribution in [2.45, 2.75) is 77.2 Å². The molecule has 1 saturated heterocycles. The zero-order valence-corrected chi connectivity index (χ0v) is 20.1. The van der Waals surface area contributed by atoms with Crippen LogP contribution in [0.4, 0.5) is 0 Å². The van der Waals surface area contributed by atoms with E-state index in [1.807, 2.05) is 4.90 Å². The van der Waals surface area contributed by atoms with Crippen molar-refractivity contribution in [2.75, 3.05) is 32.7 Å². The first-order valence-corrected chi connectivity index (χ1v) is 13.5. The van der Waals surface area contributed by atoms with Gasteiger partial charge in [0, 0.05) is 39.0 Å². The lowest BCUT2D eigenvalue weighted by Crippen LogP contribution is -2.52. The Kier molecular flexibility index (Phi) is 5.08. The van der Waals surface area contributed by atoms with E-state index >= 15 is 0 Å². The number of hydrogen-bond donors (Lipinski definition) is 1. The van der Waals surface area contributed by atoms with Gasteiger partial charge in [-0.15, -0.1) is 0 Å². The summed E-state index contributed by atoms with van der Waals surface area (Å²) in [6.07, 6.45) is 10.9. The van der Waals surface area contributed by atoms with Crippen LogP contribution < -0.4 is 0 Å². The Hall–Kier alpha value is -0.940. The monoisotopic (exact) mass is 442 g/mol. The molecule has 0 aromatic heterocycles. The van der Waals surface area contributed by atoms with Gasteiger partial charge in [-0.3, -0.25) is 14.5 Å². The maximum Gasteiger partial charge on any atom is 0.219 e. The van der Waals surface area contributed by atoms with Gasteiger partial charge < -0.3 is 10.0 Å². The lowest BCUT2D eigenvalue weighted by Gasteiger charge is -2.56. The molecule has 178 valence electrons. The second-order valence-electron chi connectivity index (χ2n) is 12.7. The van der Waals surface area contributed by atoms with E-state index in [0.29, 0.717) is 18.2 Å². The minimum atomic E-state index is -0.280. The summed E-state index contributed by atoms with van der Waals surface area (Å²) in [5, 5.41) is 10.7. The Morgan fingerprint density at radius 1 is 0.844 bits per heavy atom. The van der Waals surface area contributed by atoms with Gasteiger partial charge in [-0.25, -0.2) is 0 Å². The van der Waals surface area contributed by atoms with E-state index in [1.54, 1.807) is 6.92 Å². The minimum Gasteiger partial charge on any atom is -0.390 e. The molecule has 1 N–H and O–H groups in total. The van der Waals surface area contributed by atoms with Crippen molar-refractivity contribution in [2.24, 2.45) is 46.8 Å². The molecule has 1 heterocycles. The molecule has 5 nitrogen and oxygen atoms in total. The number of ketones is 1. The first kappa shape index (κ1) is 21.6. The second kappa shape index (κ2) is 7.53. The molecule has 5 saturated carbocycles. The van der Waals surface area contributed by atoms with Gasteiger partial charge in [0.1, 0.15) is 5.78 Å². The largest absolute Gasteiger partial charge is 0.390 e. The van der Waals surface area contributed by atoms with Crippen LogP contribution in [0.2, 0.25) is 0 Å². The molecule has 0 aromatic rings. The van der Waals surface area contributed by atoms with Crippen LogP contribution >= 0.6 is 0 Å². The molecule has 6 fully saturated rings. The van der Waals surface area contributed by atoms with E-state index in [9.17, 15) is 14.7 Å². The zero-order valence-electron chi connectivity index (χ0n) is 20.1. The highest BCUT2D eigenvalue weighted by atomic mass is 16.3. The van der Waals surface area contributed by atoms with Crippen LogP contribution in [-0.4, -0.2) is 64.9 Å². The Morgan fingerprint density at radius 3 is 2.19 bits per heavy atom. The van der Waals surface area contributed by atoms with Crippen molar-refractivity contribution in [3.63, 3.8) is 0 Å². The lowest BCUT2D eigenvalue weighted by molar-refractivity contribution is -0.133. The number of rotatable bonds is 3. The highest BCUT2D eigenvalue weighted by molar-refractivity contribution is 5.84. The molecule has 1 unspecified atom stereocenters. The predicted octanol–water partition coefficient (Wildman–Crippen LogP) is 3.35. The highest BCUT2D eigenvalue weighted by Gasteiger charge is 2.65. The lowest BCUT2D eigenvalue weighted by atomic mass is 9.49. The van der Waals surface area contributed by atoms with Gasteiger partial charge in [0.2, 0.25) is 5.91 Å². The van der Waals surface area contributed by atoms with E-state index < -0.39 is 0 Å². The third-order valence-electron chi connectivity index (χ3n) is 11.5. The predicted molar refractivity (Wildman–Crippen MR) is 123 cm³/mol. The Morgan fingerprint density at radius 2 is 1.50 bits per heavy atom. The summed E-state index contributed by atoms with van der Waals surface area (Å²) in [6, 6.07) is 0. The summed E-state index contributed by atoms with van der Waals surface area (Å²) >= 11 is 0. The first-order chi connectivity index (χ1) is 15.3. The third-order valence-corrected chi connectivity index (χ3v) is 11.5. The van der Waals surface area contributed by atoms with E-state index in [1.165, 1.54) is 38.5 Å². The molecule has 5 aliphatic carbocycles. The van der Waals surface area contributed by atoms with Crippen LogP contribution in [0, 0.1) is 46.8 Å². The number of hydrogen-bond acceptors (Lipinski definition) is 4. The van der Waals surface area contributed by atoms with Crippen LogP contribution in [0.15, 0.2) is 0 Å². The highest BCUT2D eigenvalue weighted by Crippen LogP contribution is 2.68. The van der Waals surface area contributed by atoms with Crippen molar-refractivity contribution in [3.05, 3.63) is 0 Å². The van der Waals surface area contributed by atoms with Crippen LogP contribution in [0.25, 0.3) is 0 Å². The van der Waals surface area contributed by atoms with Gasteiger partial charge >= 0.3 is 0 Å². The maximum absolute atomic E-state index is 13.5. The number of carbonyl (C=O) groups is 2. The Labute approximate surface area is 193 Å².